The molecule has 11 aromatic rings. The van der Waals surface area contributed by atoms with Crippen molar-refractivity contribution >= 4 is 16.3 Å². The summed E-state index contributed by atoms with van der Waals surface area (Å²) >= 11 is 0. The largest absolute Gasteiger partial charge is 0.248 e. The smallest absolute Gasteiger partial charge is 0.101 e. The lowest BCUT2D eigenvalue weighted by atomic mass is 9.94. The van der Waals surface area contributed by atoms with Crippen LogP contribution in [0.1, 0.15) is 0 Å². The van der Waals surface area contributed by atoms with Crippen molar-refractivity contribution in [3.05, 3.63) is 237 Å². The van der Waals surface area contributed by atoms with Gasteiger partial charge in [0.1, 0.15) is 5.69 Å². The lowest BCUT2D eigenvalue weighted by molar-refractivity contribution is 0.979. The van der Waals surface area contributed by atoms with Crippen LogP contribution in [0.2, 0.25) is 0 Å². The minimum atomic E-state index is 0.958. The van der Waals surface area contributed by atoms with Crippen LogP contribution >= 0.6 is 0 Å². The lowest BCUT2D eigenvalue weighted by Gasteiger charge is -2.13. The summed E-state index contributed by atoms with van der Waals surface area (Å²) in [6.07, 6.45) is 0. The second kappa shape index (κ2) is 15.6. The predicted molar refractivity (Wildman–Crippen MR) is 254 cm³/mol. The molecule has 8 aromatic carbocycles. The average molecular weight is 778 g/mol. The van der Waals surface area contributed by atoms with Gasteiger partial charge in [0.15, 0.2) is 0 Å². The minimum absolute atomic E-state index is 0.958. The topological polar surface area (TPSA) is 30.2 Å². The van der Waals surface area contributed by atoms with Gasteiger partial charge in [-0.2, -0.15) is 5.10 Å². The molecule has 0 spiro atoms. The van der Waals surface area contributed by atoms with E-state index >= 15 is 0 Å². The molecule has 3 heteroatoms. The number of rotatable bonds is 8. The first-order valence-corrected chi connectivity index (χ1v) is 20.7. The molecule has 0 atom stereocenters. The lowest BCUT2D eigenvalue weighted by Crippen LogP contribution is -1.96. The molecule has 3 aromatic heterocycles. The number of pyridine rings is 2. The SMILES string of the molecule is c1ccc(-c2cc(-c3cccc(-c4ccc(-c5ccc6c(c5)cc(-c5ccccc5)n5nc(-c7ccccc7)c(-c7ccccc7)c65)cc4)c3)cc(-c3ccccc3)n2)cc1. The molecule has 0 N–H and O–H groups in total. The van der Waals surface area contributed by atoms with Gasteiger partial charge in [-0.25, -0.2) is 9.50 Å². The molecule has 11 rings (SSSR count). The Labute approximate surface area is 355 Å². The molecule has 3 nitrogen and oxygen atoms in total. The van der Waals surface area contributed by atoms with E-state index in [9.17, 15) is 0 Å². The molecule has 0 fully saturated rings. The van der Waals surface area contributed by atoms with Crippen molar-refractivity contribution in [2.45, 2.75) is 0 Å². The molecular formula is C58H39N3. The number of hydrogen-bond acceptors (Lipinski definition) is 2. The van der Waals surface area contributed by atoms with Crippen molar-refractivity contribution in [1.29, 1.82) is 0 Å². The Morgan fingerprint density at radius 3 is 1.30 bits per heavy atom. The van der Waals surface area contributed by atoms with E-state index < -0.39 is 0 Å². The minimum Gasteiger partial charge on any atom is -0.248 e. The predicted octanol–water partition coefficient (Wildman–Crippen LogP) is 15.2. The van der Waals surface area contributed by atoms with Crippen molar-refractivity contribution in [2.24, 2.45) is 0 Å². The van der Waals surface area contributed by atoms with Crippen LogP contribution in [0.5, 0.6) is 0 Å². The van der Waals surface area contributed by atoms with Crippen molar-refractivity contribution in [2.75, 3.05) is 0 Å². The summed E-state index contributed by atoms with van der Waals surface area (Å²) in [5.74, 6) is 0. The molecule has 0 saturated carbocycles. The highest BCUT2D eigenvalue weighted by Gasteiger charge is 2.22. The first-order chi connectivity index (χ1) is 30.2. The van der Waals surface area contributed by atoms with Crippen LogP contribution in [0.4, 0.5) is 0 Å². The zero-order valence-corrected chi connectivity index (χ0v) is 33.4. The molecule has 0 aliphatic heterocycles. The molecule has 0 radical (unpaired) electrons. The fourth-order valence-corrected chi connectivity index (χ4v) is 8.56. The highest BCUT2D eigenvalue weighted by atomic mass is 15.2. The van der Waals surface area contributed by atoms with Gasteiger partial charge in [-0.1, -0.05) is 206 Å². The van der Waals surface area contributed by atoms with E-state index in [1.54, 1.807) is 0 Å². The molecule has 3 heterocycles. The maximum atomic E-state index is 5.38. The highest BCUT2D eigenvalue weighted by molar-refractivity contribution is 6.09. The Morgan fingerprint density at radius 2 is 0.738 bits per heavy atom. The molecule has 0 bridgehead atoms. The standard InChI is InChI=1S/C58H39N3/c1-6-17-42(18-7-1)53-37-50(38-54(59-53)43-19-8-2-9-20-43)48-28-16-27-47(35-48)40-29-31-41(32-30-40)49-33-34-52-51(36-49)39-55(44-21-10-3-11-22-44)61-58(52)56(45-23-12-4-13-24-45)57(60-61)46-25-14-5-15-26-46/h1-39H. The fraction of sp³-hybridized carbons (Fsp3) is 0. The van der Waals surface area contributed by atoms with Gasteiger partial charge in [-0.3, -0.25) is 0 Å². The van der Waals surface area contributed by atoms with Gasteiger partial charge in [-0.15, -0.1) is 0 Å². The van der Waals surface area contributed by atoms with E-state index in [-0.39, 0.29) is 0 Å². The van der Waals surface area contributed by atoms with Gasteiger partial charge >= 0.3 is 0 Å². The number of nitrogens with zero attached hydrogens (tertiary/aromatic N) is 3. The number of hydrogen-bond donors (Lipinski definition) is 0. The summed E-state index contributed by atoms with van der Waals surface area (Å²) in [7, 11) is 0. The third-order valence-corrected chi connectivity index (χ3v) is 11.6. The van der Waals surface area contributed by atoms with Gasteiger partial charge in [0, 0.05) is 33.2 Å². The fourth-order valence-electron chi connectivity index (χ4n) is 8.56. The van der Waals surface area contributed by atoms with Gasteiger partial charge in [0.25, 0.3) is 0 Å². The third-order valence-electron chi connectivity index (χ3n) is 11.6. The van der Waals surface area contributed by atoms with Crippen molar-refractivity contribution in [3.8, 4) is 89.5 Å². The van der Waals surface area contributed by atoms with Gasteiger partial charge in [0.2, 0.25) is 0 Å². The van der Waals surface area contributed by atoms with Gasteiger partial charge in [-0.05, 0) is 74.7 Å². The number of aromatic nitrogens is 3. The maximum Gasteiger partial charge on any atom is 0.101 e. The maximum absolute atomic E-state index is 5.38. The second-order valence-corrected chi connectivity index (χ2v) is 15.4. The average Bonchev–Trinajstić information content (AvgIpc) is 3.76. The zero-order valence-electron chi connectivity index (χ0n) is 33.4. The molecule has 0 unspecified atom stereocenters. The Morgan fingerprint density at radius 1 is 0.295 bits per heavy atom. The molecule has 0 amide bonds. The molecule has 0 aliphatic rings. The summed E-state index contributed by atoms with van der Waals surface area (Å²) < 4.78 is 2.15. The van der Waals surface area contributed by atoms with Crippen LogP contribution < -0.4 is 0 Å². The number of benzene rings is 8. The van der Waals surface area contributed by atoms with Gasteiger partial charge < -0.3 is 0 Å². The Balaban J connectivity index is 0.996. The molecule has 0 saturated heterocycles. The van der Waals surface area contributed by atoms with E-state index in [1.807, 2.05) is 12.1 Å². The molecule has 61 heavy (non-hydrogen) atoms. The van der Waals surface area contributed by atoms with Crippen molar-refractivity contribution in [3.63, 3.8) is 0 Å². The van der Waals surface area contributed by atoms with E-state index in [0.717, 1.165) is 78.2 Å². The molecule has 286 valence electrons. The summed E-state index contributed by atoms with van der Waals surface area (Å²) in [4.78, 5) is 5.10. The van der Waals surface area contributed by atoms with Crippen molar-refractivity contribution < 1.29 is 0 Å². The Kier molecular flexibility index (Phi) is 9.18. The van der Waals surface area contributed by atoms with Gasteiger partial charge in [0.05, 0.1) is 22.6 Å². The van der Waals surface area contributed by atoms with E-state index in [2.05, 4.69) is 229 Å². The van der Waals surface area contributed by atoms with Crippen LogP contribution in [0.3, 0.4) is 0 Å². The first kappa shape index (κ1) is 36.0. The second-order valence-electron chi connectivity index (χ2n) is 15.4. The van der Waals surface area contributed by atoms with E-state index in [4.69, 9.17) is 10.1 Å². The van der Waals surface area contributed by atoms with Crippen molar-refractivity contribution in [1.82, 2.24) is 14.6 Å². The monoisotopic (exact) mass is 777 g/mol. The van der Waals surface area contributed by atoms with Crippen LogP contribution in [0.25, 0.3) is 106 Å². The summed E-state index contributed by atoms with van der Waals surface area (Å²) in [6.45, 7) is 0. The normalized spacial score (nSPS) is 11.3. The summed E-state index contributed by atoms with van der Waals surface area (Å²) in [6, 6.07) is 84.0. The van der Waals surface area contributed by atoms with Crippen LogP contribution in [-0.4, -0.2) is 14.6 Å². The summed E-state index contributed by atoms with van der Waals surface area (Å²) in [5, 5.41) is 7.71. The third kappa shape index (κ3) is 6.88. The zero-order chi connectivity index (χ0) is 40.5. The van der Waals surface area contributed by atoms with E-state index in [0.29, 0.717) is 0 Å². The van der Waals surface area contributed by atoms with E-state index in [1.165, 1.54) is 27.6 Å². The van der Waals surface area contributed by atoms with Crippen LogP contribution in [-0.2, 0) is 0 Å². The number of fused-ring (bicyclic) bond motifs is 3. The van der Waals surface area contributed by atoms with Crippen LogP contribution in [0, 0.1) is 0 Å². The Bertz CT molecular complexity index is 3250. The first-order valence-electron chi connectivity index (χ1n) is 20.7. The van der Waals surface area contributed by atoms with Crippen LogP contribution in [0.15, 0.2) is 237 Å². The Hall–Kier alpha value is -8.14. The highest BCUT2D eigenvalue weighted by Crippen LogP contribution is 2.42. The molecular weight excluding hydrogens is 739 g/mol. The summed E-state index contributed by atoms with van der Waals surface area (Å²) in [5.41, 5.74) is 18.7. The quantitative estimate of drug-likeness (QED) is 0.154. The molecule has 0 aliphatic carbocycles.